The second-order valence-electron chi connectivity index (χ2n) is 6.32. The lowest BCUT2D eigenvalue weighted by molar-refractivity contribution is 0.0996. The van der Waals surface area contributed by atoms with Crippen LogP contribution in [0.3, 0.4) is 0 Å². The smallest absolute Gasteiger partial charge is 0.256 e. The number of nitrogens with zero attached hydrogens (tertiary/aromatic N) is 1. The molecule has 5 N–H and O–H groups in total. The molecule has 6 heteroatoms. The Labute approximate surface area is 146 Å². The highest BCUT2D eigenvalue weighted by Crippen LogP contribution is 2.30. The van der Waals surface area contributed by atoms with Crippen LogP contribution in [0, 0.1) is 6.92 Å². The molecule has 25 heavy (non-hydrogen) atoms. The number of nitrogen functional groups attached to an aromatic ring is 1. The summed E-state index contributed by atoms with van der Waals surface area (Å²) in [5.41, 5.74) is 14.9. The maximum atomic E-state index is 12.7. The van der Waals surface area contributed by atoms with Crippen molar-refractivity contribution in [2.45, 2.75) is 19.8 Å². The van der Waals surface area contributed by atoms with Crippen molar-refractivity contribution in [3.63, 3.8) is 0 Å². The van der Waals surface area contributed by atoms with Crippen molar-refractivity contribution >= 4 is 28.9 Å². The van der Waals surface area contributed by atoms with Gasteiger partial charge in [-0.25, -0.2) is 0 Å². The van der Waals surface area contributed by atoms with Gasteiger partial charge in [0, 0.05) is 29.9 Å². The average molecular weight is 338 g/mol. The first-order valence-electron chi connectivity index (χ1n) is 8.32. The van der Waals surface area contributed by atoms with Gasteiger partial charge in [-0.2, -0.15) is 0 Å². The van der Waals surface area contributed by atoms with Crippen molar-refractivity contribution in [3.05, 3.63) is 53.1 Å². The summed E-state index contributed by atoms with van der Waals surface area (Å²) < 4.78 is 0. The monoisotopic (exact) mass is 338 g/mol. The first kappa shape index (κ1) is 16.8. The van der Waals surface area contributed by atoms with Gasteiger partial charge in [-0.05, 0) is 55.7 Å². The number of aryl methyl sites for hydroxylation is 1. The van der Waals surface area contributed by atoms with Gasteiger partial charge < -0.3 is 21.7 Å². The van der Waals surface area contributed by atoms with Gasteiger partial charge in [0.25, 0.3) is 5.91 Å². The molecule has 1 saturated heterocycles. The lowest BCUT2D eigenvalue weighted by atomic mass is 10.1. The van der Waals surface area contributed by atoms with Gasteiger partial charge in [-0.15, -0.1) is 0 Å². The maximum Gasteiger partial charge on any atom is 0.256 e. The Balaban J connectivity index is 1.96. The summed E-state index contributed by atoms with van der Waals surface area (Å²) in [7, 11) is 0. The molecule has 0 aliphatic carbocycles. The quantitative estimate of drug-likeness (QED) is 0.746. The van der Waals surface area contributed by atoms with E-state index in [4.69, 9.17) is 11.5 Å². The summed E-state index contributed by atoms with van der Waals surface area (Å²) in [6, 6.07) is 10.4. The van der Waals surface area contributed by atoms with Gasteiger partial charge >= 0.3 is 0 Å². The lowest BCUT2D eigenvalue weighted by Gasteiger charge is -2.22. The minimum atomic E-state index is -0.524. The molecule has 1 heterocycles. The van der Waals surface area contributed by atoms with E-state index >= 15 is 0 Å². The van der Waals surface area contributed by atoms with Gasteiger partial charge in [0.05, 0.1) is 11.4 Å². The third-order valence-corrected chi connectivity index (χ3v) is 4.48. The number of rotatable bonds is 4. The van der Waals surface area contributed by atoms with Crippen LogP contribution in [0.25, 0.3) is 0 Å². The number of amides is 2. The fraction of sp³-hybridized carbons (Fsp3) is 0.263. The zero-order chi connectivity index (χ0) is 18.0. The van der Waals surface area contributed by atoms with Crippen LogP contribution in [0.1, 0.15) is 39.1 Å². The van der Waals surface area contributed by atoms with Crippen molar-refractivity contribution in [2.24, 2.45) is 5.73 Å². The molecule has 0 unspecified atom stereocenters. The second kappa shape index (κ2) is 6.84. The summed E-state index contributed by atoms with van der Waals surface area (Å²) in [4.78, 5) is 26.5. The Morgan fingerprint density at radius 3 is 2.48 bits per heavy atom. The van der Waals surface area contributed by atoms with Crippen LogP contribution in [-0.4, -0.2) is 24.9 Å². The highest BCUT2D eigenvalue weighted by atomic mass is 16.2. The van der Waals surface area contributed by atoms with E-state index in [9.17, 15) is 9.59 Å². The Morgan fingerprint density at radius 1 is 1.08 bits per heavy atom. The van der Waals surface area contributed by atoms with Crippen molar-refractivity contribution in [2.75, 3.05) is 29.0 Å². The van der Waals surface area contributed by atoms with Crippen LogP contribution >= 0.6 is 0 Å². The first-order chi connectivity index (χ1) is 12.0. The third kappa shape index (κ3) is 3.57. The molecule has 2 aromatic rings. The zero-order valence-corrected chi connectivity index (χ0v) is 14.2. The van der Waals surface area contributed by atoms with Crippen LogP contribution in [0.15, 0.2) is 36.4 Å². The van der Waals surface area contributed by atoms with Gasteiger partial charge in [0.15, 0.2) is 0 Å². The topological polar surface area (TPSA) is 101 Å². The maximum absolute atomic E-state index is 12.7. The van der Waals surface area contributed by atoms with Gasteiger partial charge in [0.2, 0.25) is 5.91 Å². The molecular formula is C19H22N4O2. The molecule has 1 aliphatic rings. The highest BCUT2D eigenvalue weighted by Gasteiger charge is 2.19. The lowest BCUT2D eigenvalue weighted by Crippen LogP contribution is -2.22. The molecule has 0 radical (unpaired) electrons. The summed E-state index contributed by atoms with van der Waals surface area (Å²) in [5.74, 6) is -0.782. The van der Waals surface area contributed by atoms with E-state index in [0.717, 1.165) is 37.2 Å². The molecule has 2 amide bonds. The highest BCUT2D eigenvalue weighted by molar-refractivity contribution is 6.08. The SMILES string of the molecule is Cc1ccc(N)cc1C(=O)Nc1cc(C(N)=O)ccc1N1CCCC1. The van der Waals surface area contributed by atoms with E-state index in [0.29, 0.717) is 22.5 Å². The number of benzene rings is 2. The van der Waals surface area contributed by atoms with E-state index in [1.165, 1.54) is 0 Å². The number of primary amides is 1. The van der Waals surface area contributed by atoms with E-state index in [-0.39, 0.29) is 5.91 Å². The molecule has 0 aromatic heterocycles. The fourth-order valence-corrected chi connectivity index (χ4v) is 3.10. The van der Waals surface area contributed by atoms with E-state index in [1.54, 1.807) is 24.3 Å². The molecular weight excluding hydrogens is 316 g/mol. The number of carbonyl (C=O) groups is 2. The van der Waals surface area contributed by atoms with E-state index < -0.39 is 5.91 Å². The van der Waals surface area contributed by atoms with E-state index in [1.807, 2.05) is 19.1 Å². The van der Waals surface area contributed by atoms with Crippen LogP contribution in [0.4, 0.5) is 17.1 Å². The number of hydrogen-bond donors (Lipinski definition) is 3. The minimum Gasteiger partial charge on any atom is -0.399 e. The Morgan fingerprint density at radius 2 is 1.80 bits per heavy atom. The summed E-state index contributed by atoms with van der Waals surface area (Å²) in [6.45, 7) is 3.71. The molecule has 2 aromatic carbocycles. The first-order valence-corrected chi connectivity index (χ1v) is 8.32. The number of nitrogens with two attached hydrogens (primary N) is 2. The van der Waals surface area contributed by atoms with E-state index in [2.05, 4.69) is 10.2 Å². The van der Waals surface area contributed by atoms with Crippen LogP contribution in [0.5, 0.6) is 0 Å². The van der Waals surface area contributed by atoms with Crippen molar-refractivity contribution < 1.29 is 9.59 Å². The Hall–Kier alpha value is -3.02. The van der Waals surface area contributed by atoms with Crippen LogP contribution in [-0.2, 0) is 0 Å². The molecule has 0 saturated carbocycles. The number of nitrogens with one attached hydrogen (secondary N) is 1. The second-order valence-corrected chi connectivity index (χ2v) is 6.32. The summed E-state index contributed by atoms with van der Waals surface area (Å²) >= 11 is 0. The van der Waals surface area contributed by atoms with Gasteiger partial charge in [-0.3, -0.25) is 9.59 Å². The van der Waals surface area contributed by atoms with Gasteiger partial charge in [-0.1, -0.05) is 6.07 Å². The number of anilines is 3. The Kier molecular flexibility index (Phi) is 4.61. The average Bonchev–Trinajstić information content (AvgIpc) is 3.11. The Bertz CT molecular complexity index is 826. The fourth-order valence-electron chi connectivity index (χ4n) is 3.10. The zero-order valence-electron chi connectivity index (χ0n) is 14.2. The summed E-state index contributed by atoms with van der Waals surface area (Å²) in [6.07, 6.45) is 2.22. The normalized spacial score (nSPS) is 13.7. The number of carbonyl (C=O) groups excluding carboxylic acids is 2. The molecule has 130 valence electrons. The number of hydrogen-bond acceptors (Lipinski definition) is 4. The van der Waals surface area contributed by atoms with Crippen molar-refractivity contribution in [1.82, 2.24) is 0 Å². The van der Waals surface area contributed by atoms with Crippen LogP contribution in [0.2, 0.25) is 0 Å². The largest absolute Gasteiger partial charge is 0.399 e. The van der Waals surface area contributed by atoms with Crippen molar-refractivity contribution in [3.8, 4) is 0 Å². The molecule has 6 nitrogen and oxygen atoms in total. The molecule has 1 aliphatic heterocycles. The molecule has 1 fully saturated rings. The van der Waals surface area contributed by atoms with Gasteiger partial charge in [0.1, 0.15) is 0 Å². The third-order valence-electron chi connectivity index (χ3n) is 4.48. The molecule has 0 spiro atoms. The standard InChI is InChI=1S/C19H22N4O2/c1-12-4-6-14(20)11-15(12)19(25)22-16-10-13(18(21)24)5-7-17(16)23-8-2-3-9-23/h4-7,10-11H,2-3,8-9,20H2,1H3,(H2,21,24)(H,22,25). The predicted octanol–water partition coefficient (Wildman–Crippen LogP) is 2.53. The predicted molar refractivity (Wildman–Crippen MR) is 100.0 cm³/mol. The molecule has 0 bridgehead atoms. The summed E-state index contributed by atoms with van der Waals surface area (Å²) in [5, 5.41) is 2.92. The minimum absolute atomic E-state index is 0.258. The van der Waals surface area contributed by atoms with Crippen LogP contribution < -0.4 is 21.7 Å². The molecule has 0 atom stereocenters. The van der Waals surface area contributed by atoms with Crippen molar-refractivity contribution in [1.29, 1.82) is 0 Å². The molecule has 3 rings (SSSR count).